The average Bonchev–Trinajstić information content (AvgIpc) is 2.27. The van der Waals surface area contributed by atoms with Crippen LogP contribution in [0.15, 0.2) is 30.3 Å². The van der Waals surface area contributed by atoms with Crippen molar-refractivity contribution >= 4 is 14.5 Å². The molecule has 5 nitrogen and oxygen atoms in total. The highest BCUT2D eigenvalue weighted by atomic mass is 31.2. The number of ether oxygens (including phenoxy) is 1. The van der Waals surface area contributed by atoms with Crippen molar-refractivity contribution in [1.82, 2.24) is 5.09 Å². The molecule has 0 spiro atoms. The lowest BCUT2D eigenvalue weighted by Gasteiger charge is -2.13. The van der Waals surface area contributed by atoms with Gasteiger partial charge in [-0.25, -0.2) is 5.09 Å². The number of rotatable bonds is 6. The third-order valence-electron chi connectivity index (χ3n) is 1.66. The molecule has 0 aliphatic heterocycles. The molecule has 1 unspecified atom stereocenters. The second-order valence-electron chi connectivity index (χ2n) is 3.55. The minimum absolute atomic E-state index is 0.0762. The lowest BCUT2D eigenvalue weighted by Crippen LogP contribution is -2.24. The van der Waals surface area contributed by atoms with Crippen molar-refractivity contribution in [2.75, 3.05) is 6.54 Å². The summed E-state index contributed by atoms with van der Waals surface area (Å²) in [7, 11) is -1.87. The molecule has 1 aromatic rings. The predicted molar refractivity (Wildman–Crippen MR) is 65.4 cm³/mol. The number of esters is 1. The number of carbonyl (C=O) groups excluding carboxylic acids is 1. The van der Waals surface area contributed by atoms with Gasteiger partial charge in [0, 0.05) is 0 Å². The number of hydrogen-bond donors (Lipinski definition) is 2. The first-order valence-electron chi connectivity index (χ1n) is 5.23. The lowest BCUT2D eigenvalue weighted by atomic mass is 10.3. The summed E-state index contributed by atoms with van der Waals surface area (Å²) in [5.74, 6) is 0.129. The molecule has 0 fully saturated rings. The van der Waals surface area contributed by atoms with Crippen LogP contribution >= 0.6 is 8.53 Å². The van der Waals surface area contributed by atoms with E-state index in [0.717, 1.165) is 0 Å². The van der Waals surface area contributed by atoms with Gasteiger partial charge in [-0.3, -0.25) is 4.79 Å². The first kappa shape index (κ1) is 13.9. The van der Waals surface area contributed by atoms with Crippen molar-refractivity contribution in [1.29, 1.82) is 0 Å². The van der Waals surface area contributed by atoms with Crippen molar-refractivity contribution in [3.05, 3.63) is 30.3 Å². The van der Waals surface area contributed by atoms with Crippen LogP contribution in [0, 0.1) is 0 Å². The first-order valence-corrected chi connectivity index (χ1v) is 6.44. The molecule has 17 heavy (non-hydrogen) atoms. The summed E-state index contributed by atoms with van der Waals surface area (Å²) in [5, 5.41) is 2.56. The van der Waals surface area contributed by atoms with E-state index in [1.807, 2.05) is 6.07 Å². The Morgan fingerprint density at radius 2 is 2.06 bits per heavy atom. The predicted octanol–water partition coefficient (Wildman–Crippen LogP) is 1.83. The molecule has 0 saturated heterocycles. The summed E-state index contributed by atoms with van der Waals surface area (Å²) < 4.78 is 10.1. The fourth-order valence-corrected chi connectivity index (χ4v) is 1.70. The van der Waals surface area contributed by atoms with Crippen LogP contribution < -0.4 is 9.61 Å². The second-order valence-corrected chi connectivity index (χ2v) is 4.60. The molecule has 2 N–H and O–H groups in total. The van der Waals surface area contributed by atoms with E-state index in [0.29, 0.717) is 5.75 Å². The summed E-state index contributed by atoms with van der Waals surface area (Å²) in [6, 6.07) is 8.89. The maximum atomic E-state index is 11.2. The summed E-state index contributed by atoms with van der Waals surface area (Å²) in [5.41, 5.74) is 0. The third-order valence-corrected chi connectivity index (χ3v) is 2.47. The van der Waals surface area contributed by atoms with Gasteiger partial charge < -0.3 is 14.2 Å². The fraction of sp³-hybridized carbons (Fsp3) is 0.364. The monoisotopic (exact) mass is 257 g/mol. The molecule has 0 radical (unpaired) electrons. The van der Waals surface area contributed by atoms with Crippen LogP contribution in [0.2, 0.25) is 0 Å². The Morgan fingerprint density at radius 3 is 2.65 bits per heavy atom. The Bertz CT molecular complexity index is 345. The van der Waals surface area contributed by atoms with E-state index in [1.54, 1.807) is 38.1 Å². The highest BCUT2D eigenvalue weighted by Crippen LogP contribution is 2.28. The van der Waals surface area contributed by atoms with E-state index < -0.39 is 14.5 Å². The molecule has 94 valence electrons. The number of para-hydroxylation sites is 1. The van der Waals surface area contributed by atoms with E-state index in [1.165, 1.54) is 0 Å². The molecule has 1 aromatic carbocycles. The summed E-state index contributed by atoms with van der Waals surface area (Å²) in [6.07, 6.45) is -0.163. The molecule has 1 atom stereocenters. The molecular formula is C11H16NO4P. The van der Waals surface area contributed by atoms with Crippen LogP contribution in [0.1, 0.15) is 13.8 Å². The summed E-state index contributed by atoms with van der Waals surface area (Å²) in [6.45, 7) is 3.45. The van der Waals surface area contributed by atoms with Crippen LogP contribution in [0.5, 0.6) is 5.75 Å². The maximum Gasteiger partial charge on any atom is 0.320 e. The van der Waals surface area contributed by atoms with E-state index >= 15 is 0 Å². The normalized spacial score (nSPS) is 12.2. The number of benzene rings is 1. The van der Waals surface area contributed by atoms with Gasteiger partial charge in [0.05, 0.1) is 6.10 Å². The smallest absolute Gasteiger partial charge is 0.320 e. The highest BCUT2D eigenvalue weighted by Gasteiger charge is 2.11. The largest absolute Gasteiger partial charge is 0.462 e. The zero-order valence-electron chi connectivity index (χ0n) is 9.79. The molecule has 1 rings (SSSR count). The lowest BCUT2D eigenvalue weighted by molar-refractivity contribution is -0.145. The molecule has 0 aliphatic carbocycles. The molecule has 6 heteroatoms. The zero-order valence-corrected chi connectivity index (χ0v) is 10.7. The Hall–Kier alpha value is -1.16. The maximum absolute atomic E-state index is 11.2. The minimum Gasteiger partial charge on any atom is -0.462 e. The third kappa shape index (κ3) is 6.22. The number of hydrogen-bond acceptors (Lipinski definition) is 5. The van der Waals surface area contributed by atoms with Crippen LogP contribution in [0.4, 0.5) is 0 Å². The Labute approximate surface area is 102 Å². The molecule has 0 amide bonds. The van der Waals surface area contributed by atoms with Gasteiger partial charge in [-0.2, -0.15) is 0 Å². The van der Waals surface area contributed by atoms with E-state index in [2.05, 4.69) is 5.09 Å². The van der Waals surface area contributed by atoms with Crippen molar-refractivity contribution in [2.45, 2.75) is 20.0 Å². The highest BCUT2D eigenvalue weighted by molar-refractivity contribution is 7.44. The molecule has 0 saturated carbocycles. The quantitative estimate of drug-likeness (QED) is 0.601. The van der Waals surface area contributed by atoms with E-state index in [-0.39, 0.29) is 12.6 Å². The summed E-state index contributed by atoms with van der Waals surface area (Å²) in [4.78, 5) is 20.7. The molecular weight excluding hydrogens is 241 g/mol. The van der Waals surface area contributed by atoms with Gasteiger partial charge in [-0.05, 0) is 26.0 Å². The fourth-order valence-electron chi connectivity index (χ4n) is 1.05. The van der Waals surface area contributed by atoms with Crippen molar-refractivity contribution in [3.8, 4) is 5.75 Å². The van der Waals surface area contributed by atoms with Gasteiger partial charge in [-0.15, -0.1) is 0 Å². The summed E-state index contributed by atoms with van der Waals surface area (Å²) >= 11 is 0. The van der Waals surface area contributed by atoms with Gasteiger partial charge >= 0.3 is 14.5 Å². The standard InChI is InChI=1S/C11H16NO4P/c1-9(2)15-11(13)8-12-17(14)16-10-6-4-3-5-7-10/h3-7,9,12,14H,8H2,1-2H3. The Balaban J connectivity index is 2.26. The molecule has 0 aromatic heterocycles. The van der Waals surface area contributed by atoms with E-state index in [9.17, 15) is 9.69 Å². The first-order chi connectivity index (χ1) is 8.08. The Morgan fingerprint density at radius 1 is 1.41 bits per heavy atom. The average molecular weight is 257 g/mol. The van der Waals surface area contributed by atoms with Crippen molar-refractivity contribution < 1.29 is 18.9 Å². The molecule has 0 bridgehead atoms. The van der Waals surface area contributed by atoms with Gasteiger partial charge in [-0.1, -0.05) is 18.2 Å². The van der Waals surface area contributed by atoms with Crippen LogP contribution in [-0.4, -0.2) is 23.5 Å². The zero-order chi connectivity index (χ0) is 12.7. The van der Waals surface area contributed by atoms with Crippen molar-refractivity contribution in [2.24, 2.45) is 0 Å². The topological polar surface area (TPSA) is 67.8 Å². The van der Waals surface area contributed by atoms with Gasteiger partial charge in [0.1, 0.15) is 12.3 Å². The Kier molecular flexibility index (Phi) is 5.91. The van der Waals surface area contributed by atoms with Crippen molar-refractivity contribution in [3.63, 3.8) is 0 Å². The van der Waals surface area contributed by atoms with Crippen LogP contribution in [0.3, 0.4) is 0 Å². The van der Waals surface area contributed by atoms with Gasteiger partial charge in [0.25, 0.3) is 0 Å². The van der Waals surface area contributed by atoms with E-state index in [4.69, 9.17) is 9.26 Å². The molecule has 0 aliphatic rings. The SMILES string of the molecule is CC(C)OC(=O)CNP(O)Oc1ccccc1. The van der Waals surface area contributed by atoms with Crippen LogP contribution in [0.25, 0.3) is 0 Å². The number of nitrogens with one attached hydrogen (secondary N) is 1. The number of carbonyl (C=O) groups is 1. The minimum atomic E-state index is -1.87. The molecule has 0 heterocycles. The second kappa shape index (κ2) is 7.22. The van der Waals surface area contributed by atoms with Gasteiger partial charge in [0.15, 0.2) is 0 Å². The van der Waals surface area contributed by atoms with Gasteiger partial charge in [0.2, 0.25) is 0 Å². The van der Waals surface area contributed by atoms with Crippen LogP contribution in [-0.2, 0) is 9.53 Å².